The van der Waals surface area contributed by atoms with Crippen LogP contribution >= 0.6 is 0 Å². The molecule has 6 rings (SSSR count). The Balaban J connectivity index is 1.28. The smallest absolute Gasteiger partial charge is 0.0534 e. The van der Waals surface area contributed by atoms with Gasteiger partial charge in [-0.3, -0.25) is 0 Å². The zero-order valence-corrected chi connectivity index (χ0v) is 19.5. The summed E-state index contributed by atoms with van der Waals surface area (Å²) in [6.45, 7) is 4.54. The van der Waals surface area contributed by atoms with Crippen LogP contribution in [0, 0.1) is 0 Å². The summed E-state index contributed by atoms with van der Waals surface area (Å²) in [6, 6.07) is 33.0. The Morgan fingerprint density at radius 3 is 2.34 bits per heavy atom. The fourth-order valence-corrected chi connectivity index (χ4v) is 4.87. The average Bonchev–Trinajstić information content (AvgIpc) is 3.53. The highest BCUT2D eigenvalue weighted by Crippen LogP contribution is 2.30. The molecule has 4 aromatic carbocycles. The summed E-state index contributed by atoms with van der Waals surface area (Å²) >= 11 is 0. The first-order valence-corrected chi connectivity index (χ1v) is 11.9. The molecule has 2 nitrogen and oxygen atoms in total. The van der Waals surface area contributed by atoms with Gasteiger partial charge in [-0.05, 0) is 64.4 Å². The van der Waals surface area contributed by atoms with Gasteiger partial charge in [-0.2, -0.15) is 0 Å². The molecular formula is C33H26N2. The number of hydrogen-bond acceptors (Lipinski definition) is 0. The summed E-state index contributed by atoms with van der Waals surface area (Å²) in [5.74, 6) is 0. The van der Waals surface area contributed by atoms with Crippen LogP contribution in [0.4, 0.5) is 0 Å². The molecule has 0 bridgehead atoms. The van der Waals surface area contributed by atoms with Crippen LogP contribution in [0.1, 0.15) is 0 Å². The third-order valence-corrected chi connectivity index (χ3v) is 6.64. The van der Waals surface area contributed by atoms with E-state index in [1.165, 1.54) is 49.4 Å². The van der Waals surface area contributed by atoms with Crippen molar-refractivity contribution in [2.45, 2.75) is 6.54 Å². The van der Waals surface area contributed by atoms with Crippen molar-refractivity contribution in [1.82, 2.24) is 9.13 Å². The number of allylic oxidation sites excluding steroid dienone is 5. The van der Waals surface area contributed by atoms with Crippen molar-refractivity contribution >= 4 is 32.6 Å². The lowest BCUT2D eigenvalue weighted by molar-refractivity contribution is 0.864. The second kappa shape index (κ2) is 9.00. The van der Waals surface area contributed by atoms with E-state index in [0.717, 1.165) is 6.54 Å². The standard InChI is InChI=1S/C33H26N2/c1-2-3-4-5-8-21-34-22-19-28-24-27(14-17-32(28)34)25-11-15-29(16-12-25)35-23-20-31-30-10-7-6-9-26(30)13-18-33(31)35/h2-20,22-24H,1,21H2/b4-3-,8-5-. The highest BCUT2D eigenvalue weighted by molar-refractivity contribution is 6.07. The largest absolute Gasteiger partial charge is 0.344 e. The van der Waals surface area contributed by atoms with Gasteiger partial charge in [0.15, 0.2) is 0 Å². The number of nitrogens with zero attached hydrogens (tertiary/aromatic N) is 2. The van der Waals surface area contributed by atoms with Gasteiger partial charge in [-0.15, -0.1) is 0 Å². The van der Waals surface area contributed by atoms with E-state index in [-0.39, 0.29) is 0 Å². The first-order chi connectivity index (χ1) is 17.3. The SMILES string of the molecule is C=C/C=C\C=C/Cn1ccc2cc(-c3ccc(-n4ccc5c6ccccc6ccc54)cc3)ccc21. The maximum absolute atomic E-state index is 3.69. The maximum atomic E-state index is 3.69. The minimum absolute atomic E-state index is 0.846. The van der Waals surface area contributed by atoms with Crippen LogP contribution in [0.2, 0.25) is 0 Å². The molecule has 0 unspecified atom stereocenters. The molecule has 0 N–H and O–H groups in total. The van der Waals surface area contributed by atoms with Crippen LogP contribution in [-0.4, -0.2) is 9.13 Å². The molecule has 0 aliphatic heterocycles. The molecule has 2 aromatic heterocycles. The lowest BCUT2D eigenvalue weighted by Crippen LogP contribution is -1.92. The predicted molar refractivity (Wildman–Crippen MR) is 150 cm³/mol. The fourth-order valence-electron chi connectivity index (χ4n) is 4.87. The Morgan fingerprint density at radius 2 is 1.46 bits per heavy atom. The van der Waals surface area contributed by atoms with Crippen LogP contribution in [0.3, 0.4) is 0 Å². The van der Waals surface area contributed by atoms with E-state index in [4.69, 9.17) is 0 Å². The van der Waals surface area contributed by atoms with Crippen LogP contribution in [-0.2, 0) is 6.54 Å². The second-order valence-corrected chi connectivity index (χ2v) is 8.74. The summed E-state index contributed by atoms with van der Waals surface area (Å²) < 4.78 is 4.54. The van der Waals surface area contributed by atoms with E-state index in [2.05, 4.69) is 131 Å². The van der Waals surface area contributed by atoms with E-state index in [1.807, 2.05) is 12.2 Å². The van der Waals surface area contributed by atoms with E-state index >= 15 is 0 Å². The van der Waals surface area contributed by atoms with Crippen molar-refractivity contribution in [2.75, 3.05) is 0 Å². The van der Waals surface area contributed by atoms with Gasteiger partial charge in [-0.25, -0.2) is 0 Å². The predicted octanol–water partition coefficient (Wildman–Crippen LogP) is 8.70. The zero-order chi connectivity index (χ0) is 23.6. The topological polar surface area (TPSA) is 9.86 Å². The van der Waals surface area contributed by atoms with Crippen molar-refractivity contribution in [3.63, 3.8) is 0 Å². The molecule has 0 amide bonds. The quantitative estimate of drug-likeness (QED) is 0.225. The van der Waals surface area contributed by atoms with E-state index in [9.17, 15) is 0 Å². The number of rotatable bonds is 6. The Hall–Kier alpha value is -4.56. The third-order valence-electron chi connectivity index (χ3n) is 6.64. The van der Waals surface area contributed by atoms with Gasteiger partial charge in [0.2, 0.25) is 0 Å². The highest BCUT2D eigenvalue weighted by atomic mass is 15.0. The maximum Gasteiger partial charge on any atom is 0.0534 e. The molecule has 0 fully saturated rings. The lowest BCUT2D eigenvalue weighted by Gasteiger charge is -2.09. The van der Waals surface area contributed by atoms with Gasteiger partial charge < -0.3 is 9.13 Å². The third kappa shape index (κ3) is 3.89. The van der Waals surface area contributed by atoms with Crippen molar-refractivity contribution < 1.29 is 0 Å². The van der Waals surface area contributed by atoms with Gasteiger partial charge >= 0.3 is 0 Å². The van der Waals surface area contributed by atoms with Gasteiger partial charge in [0.05, 0.1) is 5.52 Å². The molecule has 0 aliphatic carbocycles. The van der Waals surface area contributed by atoms with Crippen LogP contribution in [0.15, 0.2) is 140 Å². The molecule has 0 aliphatic rings. The van der Waals surface area contributed by atoms with Crippen LogP contribution < -0.4 is 0 Å². The van der Waals surface area contributed by atoms with Crippen LogP contribution in [0.5, 0.6) is 0 Å². The van der Waals surface area contributed by atoms with Crippen LogP contribution in [0.25, 0.3) is 49.4 Å². The summed E-state index contributed by atoms with van der Waals surface area (Å²) in [4.78, 5) is 0. The molecule has 0 spiro atoms. The van der Waals surface area contributed by atoms with Crippen molar-refractivity contribution in [3.8, 4) is 16.8 Å². The molecule has 0 saturated heterocycles. The molecular weight excluding hydrogens is 424 g/mol. The van der Waals surface area contributed by atoms with Gasteiger partial charge in [0, 0.05) is 40.9 Å². The van der Waals surface area contributed by atoms with Crippen molar-refractivity contribution in [2.24, 2.45) is 0 Å². The van der Waals surface area contributed by atoms with Gasteiger partial charge in [-0.1, -0.05) is 85.5 Å². The lowest BCUT2D eigenvalue weighted by atomic mass is 10.0. The van der Waals surface area contributed by atoms with Crippen molar-refractivity contribution in [3.05, 3.63) is 140 Å². The number of benzene rings is 4. The van der Waals surface area contributed by atoms with E-state index in [1.54, 1.807) is 6.08 Å². The first kappa shape index (κ1) is 21.0. The molecule has 6 aromatic rings. The zero-order valence-electron chi connectivity index (χ0n) is 19.5. The van der Waals surface area contributed by atoms with Gasteiger partial charge in [0.25, 0.3) is 0 Å². The number of hydrogen-bond donors (Lipinski definition) is 0. The summed E-state index contributed by atoms with van der Waals surface area (Å²) in [7, 11) is 0. The molecule has 0 atom stereocenters. The first-order valence-electron chi connectivity index (χ1n) is 11.9. The van der Waals surface area contributed by atoms with E-state index < -0.39 is 0 Å². The molecule has 168 valence electrons. The minimum atomic E-state index is 0.846. The highest BCUT2D eigenvalue weighted by Gasteiger charge is 2.08. The molecule has 35 heavy (non-hydrogen) atoms. The van der Waals surface area contributed by atoms with E-state index in [0.29, 0.717) is 0 Å². The Labute approximate surface area is 205 Å². The average molecular weight is 451 g/mol. The molecule has 0 saturated carbocycles. The minimum Gasteiger partial charge on any atom is -0.344 e. The Morgan fingerprint density at radius 1 is 0.629 bits per heavy atom. The van der Waals surface area contributed by atoms with Gasteiger partial charge in [0.1, 0.15) is 0 Å². The number of aromatic nitrogens is 2. The molecule has 2 heterocycles. The van der Waals surface area contributed by atoms with Crippen molar-refractivity contribution in [1.29, 1.82) is 0 Å². The Kier molecular flexibility index (Phi) is 5.40. The Bertz CT molecular complexity index is 1720. The fraction of sp³-hybridized carbons (Fsp3) is 0.0303. The molecule has 0 radical (unpaired) electrons. The summed E-state index contributed by atoms with van der Waals surface area (Å²) in [5.41, 5.74) is 6.10. The monoisotopic (exact) mass is 450 g/mol. The second-order valence-electron chi connectivity index (χ2n) is 8.74. The summed E-state index contributed by atoms with van der Waals surface area (Å²) in [5, 5.41) is 5.11. The number of fused-ring (bicyclic) bond motifs is 4. The molecule has 2 heteroatoms. The normalized spacial score (nSPS) is 12.0. The summed E-state index contributed by atoms with van der Waals surface area (Å²) in [6.07, 6.45) is 14.2.